The zero-order valence-corrected chi connectivity index (χ0v) is 19.1. The summed E-state index contributed by atoms with van der Waals surface area (Å²) < 4.78 is 10.6. The molecule has 172 valence electrons. The third-order valence-electron chi connectivity index (χ3n) is 5.81. The molecule has 2 aromatic carbocycles. The zero-order valence-electron chi connectivity index (χ0n) is 19.1. The quantitative estimate of drug-likeness (QED) is 0.641. The lowest BCUT2D eigenvalue weighted by Crippen LogP contribution is -2.42. The van der Waals surface area contributed by atoms with Crippen molar-refractivity contribution in [2.24, 2.45) is 5.92 Å². The average molecular weight is 440 g/mol. The zero-order chi connectivity index (χ0) is 22.9. The van der Waals surface area contributed by atoms with Gasteiger partial charge in [-0.1, -0.05) is 18.2 Å². The fraction of sp³-hybridized carbons (Fsp3) is 0.440. The van der Waals surface area contributed by atoms with E-state index >= 15 is 0 Å². The summed E-state index contributed by atoms with van der Waals surface area (Å²) in [5.41, 5.74) is 2.74. The Morgan fingerprint density at radius 1 is 1.12 bits per heavy atom. The van der Waals surface area contributed by atoms with Gasteiger partial charge in [0.25, 0.3) is 0 Å². The van der Waals surface area contributed by atoms with E-state index in [2.05, 4.69) is 10.6 Å². The number of piperidine rings is 1. The van der Waals surface area contributed by atoms with Crippen molar-refractivity contribution < 1.29 is 19.1 Å². The Bertz CT molecular complexity index is 931. The Balaban J connectivity index is 1.45. The van der Waals surface area contributed by atoms with E-state index in [1.807, 2.05) is 54.3 Å². The van der Waals surface area contributed by atoms with E-state index in [1.54, 1.807) is 14.2 Å². The molecule has 2 N–H and O–H groups in total. The molecule has 0 saturated carbocycles. The highest BCUT2D eigenvalue weighted by Gasteiger charge is 2.24. The topological polar surface area (TPSA) is 79.9 Å². The van der Waals surface area contributed by atoms with Crippen LogP contribution < -0.4 is 20.1 Å². The van der Waals surface area contributed by atoms with Crippen molar-refractivity contribution in [1.29, 1.82) is 0 Å². The minimum atomic E-state index is -0.124. The molecule has 3 amide bonds. The number of ether oxygens (including phenoxy) is 2. The Morgan fingerprint density at radius 2 is 1.97 bits per heavy atom. The number of carbonyl (C=O) groups is 2. The number of nitrogens with zero attached hydrogens (tertiary/aromatic N) is 1. The van der Waals surface area contributed by atoms with Gasteiger partial charge >= 0.3 is 6.03 Å². The summed E-state index contributed by atoms with van der Waals surface area (Å²) in [6, 6.07) is 13.3. The number of methoxy groups -OCH3 is 2. The number of hydrogen-bond acceptors (Lipinski definition) is 4. The monoisotopic (exact) mass is 439 g/mol. The van der Waals surface area contributed by atoms with E-state index in [-0.39, 0.29) is 11.9 Å². The molecule has 1 heterocycles. The number of hydrogen-bond donors (Lipinski definition) is 2. The first kappa shape index (κ1) is 23.4. The van der Waals surface area contributed by atoms with E-state index in [1.165, 1.54) is 0 Å². The first-order valence-corrected chi connectivity index (χ1v) is 11.1. The third-order valence-corrected chi connectivity index (χ3v) is 5.81. The van der Waals surface area contributed by atoms with Gasteiger partial charge in [-0.2, -0.15) is 0 Å². The number of aryl methyl sites for hydroxylation is 1. The van der Waals surface area contributed by atoms with Crippen LogP contribution >= 0.6 is 0 Å². The summed E-state index contributed by atoms with van der Waals surface area (Å²) >= 11 is 0. The van der Waals surface area contributed by atoms with Gasteiger partial charge in [-0.15, -0.1) is 0 Å². The summed E-state index contributed by atoms with van der Waals surface area (Å²) in [5, 5.41) is 5.95. The van der Waals surface area contributed by atoms with E-state index in [0.29, 0.717) is 36.9 Å². The normalized spacial score (nSPS) is 15.7. The second-order valence-electron chi connectivity index (χ2n) is 8.26. The number of nitrogens with one attached hydrogen (secondary N) is 2. The molecule has 1 aliphatic rings. The Hall–Kier alpha value is -3.22. The van der Waals surface area contributed by atoms with Gasteiger partial charge in [-0.25, -0.2) is 4.79 Å². The van der Waals surface area contributed by atoms with Gasteiger partial charge in [-0.3, -0.25) is 4.79 Å². The second kappa shape index (κ2) is 11.4. The highest BCUT2D eigenvalue weighted by atomic mass is 16.5. The lowest BCUT2D eigenvalue weighted by Gasteiger charge is -2.33. The van der Waals surface area contributed by atoms with E-state index < -0.39 is 0 Å². The molecule has 0 aromatic heterocycles. The molecule has 1 aliphatic heterocycles. The summed E-state index contributed by atoms with van der Waals surface area (Å²) in [5.74, 6) is 1.76. The molecule has 7 nitrogen and oxygen atoms in total. The molecule has 1 atom stereocenters. The van der Waals surface area contributed by atoms with E-state index in [0.717, 1.165) is 42.7 Å². The maximum Gasteiger partial charge on any atom is 0.321 e. The maximum atomic E-state index is 12.8. The third kappa shape index (κ3) is 6.64. The van der Waals surface area contributed by atoms with Crippen LogP contribution in [-0.4, -0.2) is 44.1 Å². The lowest BCUT2D eigenvalue weighted by atomic mass is 9.93. The number of amides is 3. The molecule has 3 rings (SSSR count). The Labute approximate surface area is 190 Å². The van der Waals surface area contributed by atoms with Gasteiger partial charge in [-0.05, 0) is 67.5 Å². The minimum Gasteiger partial charge on any atom is -0.497 e. The van der Waals surface area contributed by atoms with Crippen LogP contribution in [0.2, 0.25) is 0 Å². The average Bonchev–Trinajstić information content (AvgIpc) is 2.82. The van der Waals surface area contributed by atoms with Gasteiger partial charge in [0.2, 0.25) is 5.91 Å². The number of carbonyl (C=O) groups excluding carboxylic acids is 2. The fourth-order valence-corrected chi connectivity index (χ4v) is 4.01. The van der Waals surface area contributed by atoms with Crippen LogP contribution in [0, 0.1) is 12.8 Å². The van der Waals surface area contributed by atoms with Crippen LogP contribution in [0.25, 0.3) is 0 Å². The van der Waals surface area contributed by atoms with Gasteiger partial charge < -0.3 is 25.0 Å². The lowest BCUT2D eigenvalue weighted by molar-refractivity contribution is -0.121. The van der Waals surface area contributed by atoms with Crippen molar-refractivity contribution in [3.05, 3.63) is 53.6 Å². The van der Waals surface area contributed by atoms with Crippen molar-refractivity contribution >= 4 is 17.6 Å². The first-order chi connectivity index (χ1) is 15.5. The number of likely N-dealkylation sites (tertiary alicyclic amines) is 1. The fourth-order valence-electron chi connectivity index (χ4n) is 4.01. The minimum absolute atomic E-state index is 0.0268. The van der Waals surface area contributed by atoms with Crippen molar-refractivity contribution in [3.63, 3.8) is 0 Å². The van der Waals surface area contributed by atoms with Crippen molar-refractivity contribution in [3.8, 4) is 11.5 Å². The highest BCUT2D eigenvalue weighted by Crippen LogP contribution is 2.27. The molecular weight excluding hydrogens is 406 g/mol. The summed E-state index contributed by atoms with van der Waals surface area (Å²) in [4.78, 5) is 27.0. The van der Waals surface area contributed by atoms with Gasteiger partial charge in [0.15, 0.2) is 0 Å². The standard InChI is InChI=1S/C25H33N3O4/c1-18-9-11-23(32-3)22(14-18)27-25(30)28-13-5-7-19(17-28)10-12-24(29)26-16-20-6-4-8-21(15-20)31-2/h4,6,8-9,11,14-15,19H,5,7,10,12-13,16-17H2,1-3H3,(H,26,29)(H,27,30)/t19-/m0/s1. The summed E-state index contributed by atoms with van der Waals surface area (Å²) in [7, 11) is 3.22. The molecule has 1 saturated heterocycles. The van der Waals surface area contributed by atoms with Crippen LogP contribution in [0.4, 0.5) is 10.5 Å². The smallest absolute Gasteiger partial charge is 0.321 e. The second-order valence-corrected chi connectivity index (χ2v) is 8.26. The Morgan fingerprint density at radius 3 is 2.75 bits per heavy atom. The summed E-state index contributed by atoms with van der Waals surface area (Å²) in [6.07, 6.45) is 3.19. The molecular formula is C25H33N3O4. The van der Waals surface area contributed by atoms with Gasteiger partial charge in [0.05, 0.1) is 19.9 Å². The number of benzene rings is 2. The molecule has 32 heavy (non-hydrogen) atoms. The molecule has 0 unspecified atom stereocenters. The Kier molecular flexibility index (Phi) is 8.36. The van der Waals surface area contributed by atoms with Crippen LogP contribution in [0.15, 0.2) is 42.5 Å². The van der Waals surface area contributed by atoms with E-state index in [4.69, 9.17) is 9.47 Å². The summed E-state index contributed by atoms with van der Waals surface area (Å²) in [6.45, 7) is 3.83. The molecule has 1 fully saturated rings. The van der Waals surface area contributed by atoms with Crippen LogP contribution in [0.5, 0.6) is 11.5 Å². The van der Waals surface area contributed by atoms with Gasteiger partial charge in [0.1, 0.15) is 11.5 Å². The predicted octanol–water partition coefficient (Wildman–Crippen LogP) is 4.35. The van der Waals surface area contributed by atoms with Gasteiger partial charge in [0, 0.05) is 26.1 Å². The van der Waals surface area contributed by atoms with Crippen molar-refractivity contribution in [1.82, 2.24) is 10.2 Å². The molecule has 0 bridgehead atoms. The number of anilines is 1. The van der Waals surface area contributed by atoms with Crippen LogP contribution in [0.1, 0.15) is 36.8 Å². The largest absolute Gasteiger partial charge is 0.497 e. The van der Waals surface area contributed by atoms with E-state index in [9.17, 15) is 9.59 Å². The predicted molar refractivity (Wildman–Crippen MR) is 125 cm³/mol. The number of urea groups is 1. The SMILES string of the molecule is COc1cccc(CNC(=O)CC[C@@H]2CCCN(C(=O)Nc3cc(C)ccc3OC)C2)c1. The molecule has 2 aromatic rings. The van der Waals surface area contributed by atoms with Crippen LogP contribution in [-0.2, 0) is 11.3 Å². The highest BCUT2D eigenvalue weighted by molar-refractivity contribution is 5.91. The number of rotatable bonds is 8. The molecule has 0 spiro atoms. The van der Waals surface area contributed by atoms with Crippen molar-refractivity contribution in [2.45, 2.75) is 39.2 Å². The van der Waals surface area contributed by atoms with Crippen LogP contribution in [0.3, 0.4) is 0 Å². The van der Waals surface area contributed by atoms with Crippen molar-refractivity contribution in [2.75, 3.05) is 32.6 Å². The molecule has 7 heteroatoms. The molecule has 0 radical (unpaired) electrons. The molecule has 0 aliphatic carbocycles. The first-order valence-electron chi connectivity index (χ1n) is 11.1. The maximum absolute atomic E-state index is 12.8.